The van der Waals surface area contributed by atoms with Gasteiger partial charge in [-0.3, -0.25) is 0 Å². The van der Waals surface area contributed by atoms with Crippen LogP contribution in [0, 0.1) is 5.41 Å². The summed E-state index contributed by atoms with van der Waals surface area (Å²) in [5.74, 6) is 0.554. The average Bonchev–Trinajstić information content (AvgIpc) is 3.12. The summed E-state index contributed by atoms with van der Waals surface area (Å²) in [4.78, 5) is 2.38. The minimum absolute atomic E-state index is 0.180. The molecule has 1 saturated carbocycles. The molecule has 2 rings (SSSR count). The van der Waals surface area contributed by atoms with Gasteiger partial charge in [0.1, 0.15) is 0 Å². The second kappa shape index (κ2) is 12.8. The Morgan fingerprint density at radius 3 is 2.46 bits per heavy atom. The summed E-state index contributed by atoms with van der Waals surface area (Å²) < 4.78 is 13.8. The molecule has 0 aliphatic heterocycles. The van der Waals surface area contributed by atoms with Gasteiger partial charge in [-0.1, -0.05) is 0 Å². The van der Waals surface area contributed by atoms with Crippen molar-refractivity contribution < 1.29 is 9.47 Å². The second-order valence-corrected chi connectivity index (χ2v) is 10.0. The molecule has 1 unspecified atom stereocenters. The van der Waals surface area contributed by atoms with Gasteiger partial charge in [-0.05, 0) is 75.7 Å². The molecule has 0 bridgehead atoms. The van der Waals surface area contributed by atoms with Crippen molar-refractivity contribution in [1.29, 1.82) is 0 Å². The van der Waals surface area contributed by atoms with Gasteiger partial charge in [0.15, 0.2) is 0 Å². The molecule has 1 aliphatic carbocycles. The van der Waals surface area contributed by atoms with E-state index in [1.54, 1.807) is 0 Å². The van der Waals surface area contributed by atoms with Gasteiger partial charge in [-0.2, -0.15) is 5.10 Å². The second-order valence-electron chi connectivity index (χ2n) is 7.96. The van der Waals surface area contributed by atoms with Gasteiger partial charge in [0, 0.05) is 55.9 Å². The average molecular weight is 524 g/mol. The molecule has 1 aromatic rings. The van der Waals surface area contributed by atoms with E-state index in [0.717, 1.165) is 58.9 Å². The summed E-state index contributed by atoms with van der Waals surface area (Å²) in [5, 5.41) is 8.21. The smallest absolute Gasteiger partial charge is 0.0703 e. The van der Waals surface area contributed by atoms with Crippen LogP contribution in [0.5, 0.6) is 0 Å². The number of nitrogens with one attached hydrogen (secondary N) is 1. The third-order valence-electron chi connectivity index (χ3n) is 5.75. The maximum absolute atomic E-state index is 5.84. The topological polar surface area (TPSA) is 51.6 Å². The van der Waals surface area contributed by atoms with Crippen molar-refractivity contribution in [2.24, 2.45) is 5.41 Å². The van der Waals surface area contributed by atoms with E-state index in [9.17, 15) is 0 Å². The summed E-state index contributed by atoms with van der Waals surface area (Å²) in [5.41, 5.74) is 2.90. The Morgan fingerprint density at radius 1 is 1.29 bits per heavy atom. The van der Waals surface area contributed by atoms with E-state index >= 15 is 0 Å². The molecule has 6 nitrogen and oxygen atoms in total. The number of rotatable bonds is 13. The Kier molecular flexibility index (Phi) is 11.2. The zero-order valence-electron chi connectivity index (χ0n) is 18.0. The zero-order valence-corrected chi connectivity index (χ0v) is 21.1. The van der Waals surface area contributed by atoms with Gasteiger partial charge in [-0.15, -0.1) is 0 Å². The lowest BCUT2D eigenvalue weighted by atomic mass is 9.70. The molecule has 1 aliphatic rings. The molecule has 8 heteroatoms. The Bertz CT molecular complexity index is 554. The van der Waals surface area contributed by atoms with E-state index in [1.165, 1.54) is 24.1 Å². The van der Waals surface area contributed by atoms with Gasteiger partial charge in [-0.25, -0.2) is 4.45 Å². The summed E-state index contributed by atoms with van der Waals surface area (Å²) >= 11 is 2.42. The van der Waals surface area contributed by atoms with Crippen molar-refractivity contribution in [2.75, 3.05) is 53.6 Å². The van der Waals surface area contributed by atoms with Gasteiger partial charge in [0.2, 0.25) is 0 Å². The van der Waals surface area contributed by atoms with Crippen molar-refractivity contribution in [3.05, 3.63) is 17.5 Å². The Labute approximate surface area is 185 Å². The van der Waals surface area contributed by atoms with Crippen molar-refractivity contribution in [3.8, 4) is 0 Å². The monoisotopic (exact) mass is 524 g/mol. The molecule has 0 spiro atoms. The predicted molar refractivity (Wildman–Crippen MR) is 127 cm³/mol. The number of ether oxygens (including phenoxy) is 2. The molecule has 0 amide bonds. The molecule has 28 heavy (non-hydrogen) atoms. The van der Waals surface area contributed by atoms with Crippen LogP contribution in [0.3, 0.4) is 0 Å². The molecule has 162 valence electrons. The standard InChI is InChI=1S/C20H38IN4O2P/c1-5-26-15-20(16-27-6-2)9-7-17(8-10-20)19-18(14-25(23-19)28-21)13-24(4)12-11-22-3/h14,17,22,28H,5-13,15-16H2,1-4H3. The van der Waals surface area contributed by atoms with Crippen LogP contribution in [-0.2, 0) is 16.0 Å². The Hall–Kier alpha value is 0.210. The first kappa shape index (κ1) is 24.5. The molecule has 0 saturated heterocycles. The maximum Gasteiger partial charge on any atom is 0.0703 e. The van der Waals surface area contributed by atoms with E-state index in [-0.39, 0.29) is 5.41 Å². The molecular formula is C20H38IN4O2P. The fraction of sp³-hybridized carbons (Fsp3) is 0.850. The van der Waals surface area contributed by atoms with Crippen LogP contribution in [0.1, 0.15) is 56.7 Å². The highest BCUT2D eigenvalue weighted by atomic mass is 127. The number of nitrogens with zero attached hydrogens (tertiary/aromatic N) is 3. The van der Waals surface area contributed by atoms with Gasteiger partial charge in [0.05, 0.1) is 25.3 Å². The molecule has 0 aromatic carbocycles. The van der Waals surface area contributed by atoms with E-state index < -0.39 is 0 Å². The summed E-state index contributed by atoms with van der Waals surface area (Å²) in [6, 6.07) is 0. The van der Waals surface area contributed by atoms with Crippen LogP contribution in [0.4, 0.5) is 0 Å². The summed E-state index contributed by atoms with van der Waals surface area (Å²) in [6.07, 6.45) is 7.58. The lowest BCUT2D eigenvalue weighted by molar-refractivity contribution is -0.0397. The third-order valence-corrected chi connectivity index (χ3v) is 7.64. The minimum Gasteiger partial charge on any atom is -0.381 e. The highest BCUT2D eigenvalue weighted by molar-refractivity contribution is 14.2. The zero-order chi connectivity index (χ0) is 20.4. The molecule has 1 N–H and O–H groups in total. The first-order valence-electron chi connectivity index (χ1n) is 10.5. The highest BCUT2D eigenvalue weighted by Gasteiger charge is 2.37. The highest BCUT2D eigenvalue weighted by Crippen LogP contribution is 2.44. The van der Waals surface area contributed by atoms with Crippen LogP contribution in [0.15, 0.2) is 6.20 Å². The van der Waals surface area contributed by atoms with Gasteiger partial charge in [0.25, 0.3) is 0 Å². The summed E-state index contributed by atoms with van der Waals surface area (Å²) in [7, 11) is 4.20. The fourth-order valence-electron chi connectivity index (χ4n) is 4.08. The molecule has 1 fully saturated rings. The molecule has 1 heterocycles. The van der Waals surface area contributed by atoms with Crippen LogP contribution in [0.2, 0.25) is 0 Å². The Balaban J connectivity index is 2.06. The maximum atomic E-state index is 5.84. The number of hydrogen-bond donors (Lipinski definition) is 1. The SMILES string of the molecule is CCOCC1(COCC)CCC(c2nn(PI)cc2CN(C)CCNC)CC1. The summed E-state index contributed by atoms with van der Waals surface area (Å²) in [6.45, 7) is 10.4. The van der Waals surface area contributed by atoms with Crippen molar-refractivity contribution in [1.82, 2.24) is 19.8 Å². The minimum atomic E-state index is 0.180. The first-order chi connectivity index (χ1) is 13.6. The van der Waals surface area contributed by atoms with Crippen LogP contribution in [0.25, 0.3) is 0 Å². The van der Waals surface area contributed by atoms with E-state index in [4.69, 9.17) is 14.6 Å². The normalized spacial score (nSPS) is 17.9. The lowest BCUT2D eigenvalue weighted by Gasteiger charge is -2.39. The first-order valence-corrected chi connectivity index (χ1v) is 14.6. The quantitative estimate of drug-likeness (QED) is 0.312. The van der Waals surface area contributed by atoms with Crippen LogP contribution >= 0.6 is 28.4 Å². The van der Waals surface area contributed by atoms with Crippen LogP contribution in [-0.4, -0.2) is 68.1 Å². The van der Waals surface area contributed by atoms with Gasteiger partial charge >= 0.3 is 0 Å². The van der Waals surface area contributed by atoms with Crippen molar-refractivity contribution in [2.45, 2.75) is 52.0 Å². The molecule has 1 atom stereocenters. The van der Waals surface area contributed by atoms with E-state index in [2.05, 4.69) is 63.8 Å². The largest absolute Gasteiger partial charge is 0.381 e. The van der Waals surface area contributed by atoms with Crippen molar-refractivity contribution in [3.63, 3.8) is 0 Å². The lowest BCUT2D eigenvalue weighted by Crippen LogP contribution is -2.36. The number of aromatic nitrogens is 2. The third kappa shape index (κ3) is 7.17. The van der Waals surface area contributed by atoms with Crippen LogP contribution < -0.4 is 5.32 Å². The van der Waals surface area contributed by atoms with Gasteiger partial charge < -0.3 is 19.7 Å². The molecule has 1 aromatic heterocycles. The van der Waals surface area contributed by atoms with E-state index in [1.807, 2.05) is 7.05 Å². The predicted octanol–water partition coefficient (Wildman–Crippen LogP) is 4.04. The van der Waals surface area contributed by atoms with E-state index in [0.29, 0.717) is 12.3 Å². The molecule has 0 radical (unpaired) electrons. The van der Waals surface area contributed by atoms with Crippen molar-refractivity contribution >= 4 is 28.4 Å². The number of likely N-dealkylation sites (N-methyl/N-ethyl adjacent to an activating group) is 2. The Morgan fingerprint density at radius 2 is 1.93 bits per heavy atom. The fourth-order valence-corrected chi connectivity index (χ4v) is 5.17. The number of halogens is 1. The molecular weight excluding hydrogens is 486 g/mol. The number of hydrogen-bond acceptors (Lipinski definition) is 5.